The first-order valence-electron chi connectivity index (χ1n) is 10.6. The van der Waals surface area contributed by atoms with Crippen LogP contribution in [0, 0.1) is 6.92 Å². The lowest BCUT2D eigenvalue weighted by molar-refractivity contribution is 0.382. The molecule has 1 fully saturated rings. The molecule has 1 saturated heterocycles. The highest BCUT2D eigenvalue weighted by molar-refractivity contribution is 7.88. The Hall–Kier alpha value is -3.57. The Morgan fingerprint density at radius 2 is 1.79 bits per heavy atom. The lowest BCUT2D eigenvalue weighted by atomic mass is 10.2. The SMILES string of the molecule is Cc1ccnc(Nc2cc(N3CCN(S(=O)(=O)Cc4noc5ccccc45)CC3)ncn2)c1. The third-order valence-corrected chi connectivity index (χ3v) is 7.34. The Balaban J connectivity index is 1.24. The summed E-state index contributed by atoms with van der Waals surface area (Å²) in [6.07, 6.45) is 3.23. The smallest absolute Gasteiger partial charge is 0.220 e. The van der Waals surface area contributed by atoms with E-state index in [1.54, 1.807) is 12.3 Å². The number of benzene rings is 1. The molecule has 4 heterocycles. The van der Waals surface area contributed by atoms with E-state index >= 15 is 0 Å². The number of fused-ring (bicyclic) bond motifs is 1. The lowest BCUT2D eigenvalue weighted by Gasteiger charge is -2.34. The minimum absolute atomic E-state index is 0.185. The number of hydrogen-bond acceptors (Lipinski definition) is 9. The second-order valence-corrected chi connectivity index (χ2v) is 9.84. The molecule has 0 radical (unpaired) electrons. The van der Waals surface area contributed by atoms with Crippen LogP contribution in [0.5, 0.6) is 0 Å². The molecule has 170 valence electrons. The predicted molar refractivity (Wildman–Crippen MR) is 125 cm³/mol. The van der Waals surface area contributed by atoms with Crippen molar-refractivity contribution in [1.82, 2.24) is 24.4 Å². The summed E-state index contributed by atoms with van der Waals surface area (Å²) >= 11 is 0. The number of rotatable bonds is 6. The van der Waals surface area contributed by atoms with Gasteiger partial charge in [-0.25, -0.2) is 23.4 Å². The van der Waals surface area contributed by atoms with Crippen molar-refractivity contribution >= 4 is 38.4 Å². The van der Waals surface area contributed by atoms with Crippen molar-refractivity contribution in [3.05, 3.63) is 66.2 Å². The molecule has 4 aromatic rings. The number of para-hydroxylation sites is 1. The normalized spacial score (nSPS) is 15.1. The van der Waals surface area contributed by atoms with Gasteiger partial charge >= 0.3 is 0 Å². The molecule has 0 unspecified atom stereocenters. The Labute approximate surface area is 191 Å². The minimum Gasteiger partial charge on any atom is -0.356 e. The first-order valence-corrected chi connectivity index (χ1v) is 12.2. The molecule has 5 rings (SSSR count). The third kappa shape index (κ3) is 4.64. The molecule has 3 aromatic heterocycles. The average molecular weight is 466 g/mol. The fourth-order valence-electron chi connectivity index (χ4n) is 3.83. The predicted octanol–water partition coefficient (Wildman–Crippen LogP) is 2.72. The summed E-state index contributed by atoms with van der Waals surface area (Å²) in [5.74, 6) is 1.89. The van der Waals surface area contributed by atoms with Gasteiger partial charge in [0, 0.05) is 43.8 Å². The third-order valence-electron chi connectivity index (χ3n) is 5.55. The number of nitrogens with one attached hydrogen (secondary N) is 1. The lowest BCUT2D eigenvalue weighted by Crippen LogP contribution is -2.49. The maximum absolute atomic E-state index is 13.0. The molecule has 1 aliphatic rings. The van der Waals surface area contributed by atoms with Gasteiger partial charge in [0.2, 0.25) is 10.0 Å². The van der Waals surface area contributed by atoms with Gasteiger partial charge in [0.05, 0.1) is 0 Å². The maximum Gasteiger partial charge on any atom is 0.220 e. The molecule has 11 heteroatoms. The molecule has 1 N–H and O–H groups in total. The molecular weight excluding hydrogens is 442 g/mol. The second kappa shape index (κ2) is 8.75. The number of sulfonamides is 1. The van der Waals surface area contributed by atoms with Crippen molar-refractivity contribution < 1.29 is 12.9 Å². The zero-order valence-corrected chi connectivity index (χ0v) is 18.9. The van der Waals surface area contributed by atoms with Gasteiger partial charge in [0.1, 0.15) is 35.2 Å². The quantitative estimate of drug-likeness (QED) is 0.458. The largest absolute Gasteiger partial charge is 0.356 e. The summed E-state index contributed by atoms with van der Waals surface area (Å²) in [6, 6.07) is 13.0. The van der Waals surface area contributed by atoms with Crippen LogP contribution in [0.4, 0.5) is 17.5 Å². The van der Waals surface area contributed by atoms with Crippen LogP contribution in [-0.2, 0) is 15.8 Å². The summed E-state index contributed by atoms with van der Waals surface area (Å²) in [7, 11) is -3.53. The number of nitrogens with zero attached hydrogens (tertiary/aromatic N) is 6. The van der Waals surface area contributed by atoms with Crippen LogP contribution in [0.2, 0.25) is 0 Å². The molecule has 0 aliphatic carbocycles. The Morgan fingerprint density at radius 3 is 2.61 bits per heavy atom. The average Bonchev–Trinajstić information content (AvgIpc) is 3.22. The van der Waals surface area contributed by atoms with E-state index in [0.29, 0.717) is 49.1 Å². The number of piperazine rings is 1. The number of aryl methyl sites for hydroxylation is 1. The summed E-state index contributed by atoms with van der Waals surface area (Å²) in [5, 5.41) is 7.88. The van der Waals surface area contributed by atoms with Crippen LogP contribution in [0.25, 0.3) is 11.0 Å². The molecule has 10 nitrogen and oxygen atoms in total. The number of pyridine rings is 1. The zero-order valence-electron chi connectivity index (χ0n) is 18.0. The van der Waals surface area contributed by atoms with E-state index in [-0.39, 0.29) is 5.75 Å². The van der Waals surface area contributed by atoms with Crippen molar-refractivity contribution in [2.45, 2.75) is 12.7 Å². The van der Waals surface area contributed by atoms with Crippen molar-refractivity contribution in [3.8, 4) is 0 Å². The first-order chi connectivity index (χ1) is 16.0. The van der Waals surface area contributed by atoms with E-state index in [4.69, 9.17) is 4.52 Å². The van der Waals surface area contributed by atoms with Crippen molar-refractivity contribution in [2.24, 2.45) is 0 Å². The van der Waals surface area contributed by atoms with Gasteiger partial charge < -0.3 is 14.7 Å². The molecule has 0 amide bonds. The monoisotopic (exact) mass is 465 g/mol. The number of hydrogen-bond donors (Lipinski definition) is 1. The summed E-state index contributed by atoms with van der Waals surface area (Å²) in [4.78, 5) is 15.0. The van der Waals surface area contributed by atoms with E-state index < -0.39 is 10.0 Å². The van der Waals surface area contributed by atoms with Crippen molar-refractivity contribution in [3.63, 3.8) is 0 Å². The van der Waals surface area contributed by atoms with Gasteiger partial charge in [-0.1, -0.05) is 17.3 Å². The van der Waals surface area contributed by atoms with E-state index in [9.17, 15) is 8.42 Å². The van der Waals surface area contributed by atoms with Gasteiger partial charge in [0.15, 0.2) is 5.58 Å². The van der Waals surface area contributed by atoms with Gasteiger partial charge in [-0.05, 0) is 36.8 Å². The van der Waals surface area contributed by atoms with Gasteiger partial charge in [-0.3, -0.25) is 0 Å². The highest BCUT2D eigenvalue weighted by atomic mass is 32.2. The molecule has 0 spiro atoms. The first kappa shape index (κ1) is 21.3. The molecule has 0 saturated carbocycles. The molecule has 1 aromatic carbocycles. The molecule has 1 aliphatic heterocycles. The Bertz CT molecular complexity index is 1380. The standard InChI is InChI=1S/C22H23N7O3S/c1-16-6-7-23-20(12-16)26-21-13-22(25-15-24-21)28-8-10-29(11-9-28)33(30,31)14-18-17-4-2-3-5-19(17)32-27-18/h2-7,12-13,15H,8-11,14H2,1H3,(H,23,24,25,26). The topological polar surface area (TPSA) is 117 Å². The minimum atomic E-state index is -3.53. The van der Waals surface area contributed by atoms with Crippen LogP contribution in [0.3, 0.4) is 0 Å². The van der Waals surface area contributed by atoms with Crippen LogP contribution in [-0.4, -0.2) is 59.0 Å². The summed E-state index contributed by atoms with van der Waals surface area (Å²) in [5.41, 5.74) is 2.11. The Kier molecular flexibility index (Phi) is 5.65. The van der Waals surface area contributed by atoms with E-state index in [1.165, 1.54) is 10.6 Å². The van der Waals surface area contributed by atoms with Crippen LogP contribution < -0.4 is 10.2 Å². The van der Waals surface area contributed by atoms with Crippen LogP contribution in [0.15, 0.2) is 59.5 Å². The molecule has 0 bridgehead atoms. The second-order valence-electron chi connectivity index (χ2n) is 7.87. The van der Waals surface area contributed by atoms with Crippen molar-refractivity contribution in [2.75, 3.05) is 36.4 Å². The van der Waals surface area contributed by atoms with E-state index in [2.05, 4.69) is 25.4 Å². The van der Waals surface area contributed by atoms with Crippen LogP contribution in [0.1, 0.15) is 11.3 Å². The van der Waals surface area contributed by atoms with E-state index in [1.807, 2.05) is 48.2 Å². The Morgan fingerprint density at radius 1 is 1.00 bits per heavy atom. The fraction of sp³-hybridized carbons (Fsp3) is 0.273. The number of anilines is 3. The van der Waals surface area contributed by atoms with Crippen molar-refractivity contribution in [1.29, 1.82) is 0 Å². The molecule has 33 heavy (non-hydrogen) atoms. The van der Waals surface area contributed by atoms with Gasteiger partial charge in [-0.15, -0.1) is 0 Å². The summed E-state index contributed by atoms with van der Waals surface area (Å²) < 4.78 is 32.8. The van der Waals surface area contributed by atoms with Gasteiger partial charge in [0.25, 0.3) is 0 Å². The summed E-state index contributed by atoms with van der Waals surface area (Å²) in [6.45, 7) is 3.78. The van der Waals surface area contributed by atoms with Gasteiger partial charge in [-0.2, -0.15) is 4.31 Å². The molecular formula is C22H23N7O3S. The fourth-order valence-corrected chi connectivity index (χ4v) is 5.28. The van der Waals surface area contributed by atoms with E-state index in [0.717, 1.165) is 16.8 Å². The maximum atomic E-state index is 13.0. The highest BCUT2D eigenvalue weighted by Gasteiger charge is 2.29. The molecule has 0 atom stereocenters. The number of aromatic nitrogens is 4. The van der Waals surface area contributed by atoms with Crippen LogP contribution >= 0.6 is 0 Å². The zero-order chi connectivity index (χ0) is 22.8. The highest BCUT2D eigenvalue weighted by Crippen LogP contribution is 2.23.